The summed E-state index contributed by atoms with van der Waals surface area (Å²) < 4.78 is 0. The smallest absolute Gasteiger partial charge is 0.160 e. The number of rotatable bonds is 3. The molecule has 0 fully saturated rings. The number of aromatic nitrogens is 1. The van der Waals surface area contributed by atoms with Crippen molar-refractivity contribution in [3.63, 3.8) is 0 Å². The van der Waals surface area contributed by atoms with Crippen LogP contribution >= 0.6 is 0 Å². The summed E-state index contributed by atoms with van der Waals surface area (Å²) in [6, 6.07) is 4.18. The molecule has 13 heavy (non-hydrogen) atoms. The molecule has 69 valence electrons. The fraction of sp³-hybridized carbons (Fsp3) is 0.545. The molecule has 0 atom stereocenters. The second-order valence-corrected chi connectivity index (χ2v) is 4.22. The van der Waals surface area contributed by atoms with Gasteiger partial charge >= 0.3 is 0 Å². The van der Waals surface area contributed by atoms with E-state index in [-0.39, 0.29) is 5.31 Å². The first-order valence-corrected chi connectivity index (χ1v) is 4.82. The van der Waals surface area contributed by atoms with Crippen molar-refractivity contribution in [3.05, 3.63) is 24.0 Å². The van der Waals surface area contributed by atoms with E-state index in [1.165, 1.54) is 5.46 Å². The van der Waals surface area contributed by atoms with Crippen molar-refractivity contribution in [2.24, 2.45) is 0 Å². The van der Waals surface area contributed by atoms with Crippen LogP contribution < -0.4 is 5.46 Å². The topological polar surface area (TPSA) is 12.9 Å². The zero-order valence-electron chi connectivity index (χ0n) is 8.96. The van der Waals surface area contributed by atoms with Gasteiger partial charge in [-0.05, 0) is 13.0 Å². The fourth-order valence-corrected chi connectivity index (χ4v) is 1.12. The first kappa shape index (κ1) is 10.3. The Morgan fingerprint density at radius 1 is 1.38 bits per heavy atom. The van der Waals surface area contributed by atoms with Crippen LogP contribution in [-0.2, 0) is 0 Å². The third-order valence-corrected chi connectivity index (χ3v) is 2.40. The molecule has 0 saturated heterocycles. The minimum atomic E-state index is 0.275. The number of hydrogen-bond acceptors (Lipinski definition) is 1. The first-order chi connectivity index (χ1) is 6.03. The number of pyridine rings is 1. The average Bonchev–Trinajstić information content (AvgIpc) is 2.09. The minimum absolute atomic E-state index is 0.275. The molecule has 0 spiro atoms. The highest BCUT2D eigenvalue weighted by atomic mass is 14.6. The molecule has 1 aromatic heterocycles. The molecule has 0 aromatic carbocycles. The van der Waals surface area contributed by atoms with Crippen LogP contribution in [0, 0.1) is 6.92 Å². The van der Waals surface area contributed by atoms with Gasteiger partial charge in [0.05, 0.1) is 0 Å². The Morgan fingerprint density at radius 3 is 2.54 bits per heavy atom. The van der Waals surface area contributed by atoms with Crippen LogP contribution in [0.2, 0.25) is 5.31 Å². The molecular formula is C11H17BN. The van der Waals surface area contributed by atoms with E-state index in [9.17, 15) is 0 Å². The Morgan fingerprint density at radius 2 is 2.08 bits per heavy atom. The summed E-state index contributed by atoms with van der Waals surface area (Å²) in [5.41, 5.74) is 2.30. The van der Waals surface area contributed by atoms with Crippen molar-refractivity contribution in [2.45, 2.75) is 39.4 Å². The summed E-state index contributed by atoms with van der Waals surface area (Å²) in [6.45, 7) is 8.70. The summed E-state index contributed by atoms with van der Waals surface area (Å²) in [4.78, 5) is 4.27. The molecule has 1 radical (unpaired) electrons. The molecular weight excluding hydrogens is 157 g/mol. The molecule has 0 unspecified atom stereocenters. The molecule has 0 amide bonds. The molecule has 0 saturated carbocycles. The Kier molecular flexibility index (Phi) is 3.13. The van der Waals surface area contributed by atoms with Crippen LogP contribution in [0.3, 0.4) is 0 Å². The lowest BCUT2D eigenvalue weighted by Gasteiger charge is -2.20. The third kappa shape index (κ3) is 3.21. The standard InChI is InChI=1S/C11H17BN/c1-5-11(3,4)12-10-7-6-9(2)13-8-10/h6-8H,5H2,1-4H3. The summed E-state index contributed by atoms with van der Waals surface area (Å²) in [6.07, 6.45) is 3.09. The van der Waals surface area contributed by atoms with E-state index >= 15 is 0 Å². The molecule has 0 bridgehead atoms. The maximum atomic E-state index is 4.27. The van der Waals surface area contributed by atoms with Gasteiger partial charge in [0.25, 0.3) is 0 Å². The largest absolute Gasteiger partial charge is 0.262 e. The molecule has 0 aliphatic rings. The molecule has 0 aliphatic heterocycles. The van der Waals surface area contributed by atoms with Gasteiger partial charge in [-0.1, -0.05) is 44.0 Å². The van der Waals surface area contributed by atoms with E-state index in [2.05, 4.69) is 45.2 Å². The van der Waals surface area contributed by atoms with Gasteiger partial charge in [-0.2, -0.15) is 0 Å². The van der Waals surface area contributed by atoms with E-state index in [0.29, 0.717) is 0 Å². The van der Waals surface area contributed by atoms with Crippen LogP contribution in [0.1, 0.15) is 32.9 Å². The summed E-state index contributed by atoms with van der Waals surface area (Å²) in [5, 5.41) is 0.275. The molecule has 0 N–H and O–H groups in total. The van der Waals surface area contributed by atoms with Crippen LogP contribution in [0.5, 0.6) is 0 Å². The van der Waals surface area contributed by atoms with Crippen molar-refractivity contribution < 1.29 is 0 Å². The van der Waals surface area contributed by atoms with Gasteiger partial charge in [0.2, 0.25) is 0 Å². The van der Waals surface area contributed by atoms with Gasteiger partial charge < -0.3 is 0 Å². The van der Waals surface area contributed by atoms with E-state index < -0.39 is 0 Å². The quantitative estimate of drug-likeness (QED) is 0.641. The number of hydrogen-bond donors (Lipinski definition) is 0. The van der Waals surface area contributed by atoms with E-state index in [0.717, 1.165) is 12.1 Å². The highest BCUT2D eigenvalue weighted by Crippen LogP contribution is 2.25. The Hall–Kier alpha value is -0.785. The van der Waals surface area contributed by atoms with Crippen LogP contribution in [0.4, 0.5) is 0 Å². The minimum Gasteiger partial charge on any atom is -0.262 e. The third-order valence-electron chi connectivity index (χ3n) is 2.40. The molecule has 1 aromatic rings. The van der Waals surface area contributed by atoms with Gasteiger partial charge in [-0.15, -0.1) is 0 Å². The predicted octanol–water partition coefficient (Wildman–Crippen LogP) is 2.33. The van der Waals surface area contributed by atoms with Gasteiger partial charge in [0, 0.05) is 11.9 Å². The van der Waals surface area contributed by atoms with Crippen molar-refractivity contribution in [3.8, 4) is 0 Å². The van der Waals surface area contributed by atoms with Crippen molar-refractivity contribution >= 4 is 12.7 Å². The van der Waals surface area contributed by atoms with Crippen LogP contribution in [0.25, 0.3) is 0 Å². The Balaban J connectivity index is 2.69. The number of nitrogens with zero attached hydrogens (tertiary/aromatic N) is 1. The van der Waals surface area contributed by atoms with E-state index in [1.807, 2.05) is 13.1 Å². The Labute approximate surface area is 81.8 Å². The zero-order chi connectivity index (χ0) is 9.90. The number of aryl methyl sites for hydroxylation is 1. The van der Waals surface area contributed by atoms with Crippen molar-refractivity contribution in [1.82, 2.24) is 4.98 Å². The lowest BCUT2D eigenvalue weighted by Crippen LogP contribution is -2.25. The fourth-order valence-electron chi connectivity index (χ4n) is 1.12. The van der Waals surface area contributed by atoms with Gasteiger partial charge in [-0.25, -0.2) is 0 Å². The second-order valence-electron chi connectivity index (χ2n) is 4.22. The molecule has 1 nitrogen and oxygen atoms in total. The highest BCUT2D eigenvalue weighted by molar-refractivity contribution is 6.56. The predicted molar refractivity (Wildman–Crippen MR) is 58.7 cm³/mol. The molecule has 1 heterocycles. The lowest BCUT2D eigenvalue weighted by molar-refractivity contribution is 0.648. The first-order valence-electron chi connectivity index (χ1n) is 4.82. The van der Waals surface area contributed by atoms with Gasteiger partial charge in [0.15, 0.2) is 7.28 Å². The van der Waals surface area contributed by atoms with Crippen molar-refractivity contribution in [1.29, 1.82) is 0 Å². The molecule has 1 rings (SSSR count). The summed E-state index contributed by atoms with van der Waals surface area (Å²) in [5.74, 6) is 0. The van der Waals surface area contributed by atoms with E-state index in [4.69, 9.17) is 0 Å². The Bertz CT molecular complexity index is 264. The lowest BCUT2D eigenvalue weighted by atomic mass is 9.50. The summed E-state index contributed by atoms with van der Waals surface area (Å²) >= 11 is 0. The van der Waals surface area contributed by atoms with Crippen LogP contribution in [0.15, 0.2) is 18.3 Å². The highest BCUT2D eigenvalue weighted by Gasteiger charge is 2.17. The average molecular weight is 174 g/mol. The zero-order valence-corrected chi connectivity index (χ0v) is 8.96. The van der Waals surface area contributed by atoms with Crippen LogP contribution in [-0.4, -0.2) is 12.3 Å². The maximum Gasteiger partial charge on any atom is 0.160 e. The normalized spacial score (nSPS) is 11.4. The molecule has 2 heteroatoms. The summed E-state index contributed by atoms with van der Waals surface area (Å²) in [7, 11) is 2.28. The van der Waals surface area contributed by atoms with Gasteiger partial charge in [-0.3, -0.25) is 4.98 Å². The maximum absolute atomic E-state index is 4.27. The van der Waals surface area contributed by atoms with Gasteiger partial charge in [0.1, 0.15) is 0 Å². The second kappa shape index (κ2) is 3.95. The molecule has 0 aliphatic carbocycles. The van der Waals surface area contributed by atoms with Crippen molar-refractivity contribution in [2.75, 3.05) is 0 Å². The monoisotopic (exact) mass is 174 g/mol. The van der Waals surface area contributed by atoms with E-state index in [1.54, 1.807) is 0 Å². The SMILES string of the molecule is CCC(C)(C)[B]c1ccc(C)nc1.